The van der Waals surface area contributed by atoms with Crippen LogP contribution in [-0.2, 0) is 4.79 Å². The van der Waals surface area contributed by atoms with Crippen LogP contribution in [0.2, 0.25) is 0 Å². The lowest BCUT2D eigenvalue weighted by Gasteiger charge is -2.42. The van der Waals surface area contributed by atoms with Gasteiger partial charge in [-0.25, -0.2) is 0 Å². The van der Waals surface area contributed by atoms with Crippen LogP contribution in [0.1, 0.15) is 38.5 Å². The summed E-state index contributed by atoms with van der Waals surface area (Å²) in [4.78, 5) is 18.9. The Balaban J connectivity index is 1.43. The second kappa shape index (κ2) is 7.07. The van der Waals surface area contributed by atoms with Crippen LogP contribution in [0.15, 0.2) is 0 Å². The molecule has 21 heavy (non-hydrogen) atoms. The molecule has 0 spiro atoms. The zero-order valence-electron chi connectivity index (χ0n) is 13.0. The van der Waals surface area contributed by atoms with E-state index in [4.69, 9.17) is 0 Å². The predicted molar refractivity (Wildman–Crippen MR) is 82.1 cm³/mol. The van der Waals surface area contributed by atoms with Crippen molar-refractivity contribution in [2.45, 2.75) is 50.7 Å². The van der Waals surface area contributed by atoms with Crippen LogP contribution in [0.3, 0.4) is 0 Å². The number of carbonyl (C=O) groups is 1. The van der Waals surface area contributed by atoms with E-state index < -0.39 is 0 Å². The number of hydrogen-bond acceptors (Lipinski definition) is 4. The molecule has 3 aliphatic rings. The van der Waals surface area contributed by atoms with Gasteiger partial charge < -0.3 is 10.0 Å². The minimum atomic E-state index is -0.142. The van der Waals surface area contributed by atoms with E-state index in [1.165, 1.54) is 25.7 Å². The molecule has 0 aromatic carbocycles. The molecule has 5 heteroatoms. The highest BCUT2D eigenvalue weighted by Gasteiger charge is 2.31. The number of piperazine rings is 1. The van der Waals surface area contributed by atoms with Crippen LogP contribution in [0.5, 0.6) is 0 Å². The highest BCUT2D eigenvalue weighted by atomic mass is 16.3. The molecule has 0 aromatic rings. The minimum absolute atomic E-state index is 0.142. The molecule has 2 unspecified atom stereocenters. The quantitative estimate of drug-likeness (QED) is 0.825. The molecule has 1 N–H and O–H groups in total. The summed E-state index contributed by atoms with van der Waals surface area (Å²) in [7, 11) is 0. The van der Waals surface area contributed by atoms with Gasteiger partial charge in [0.1, 0.15) is 0 Å². The maximum Gasteiger partial charge on any atom is 0.236 e. The molecule has 1 aliphatic carbocycles. The molecule has 2 aliphatic heterocycles. The van der Waals surface area contributed by atoms with Gasteiger partial charge in [-0.15, -0.1) is 0 Å². The fourth-order valence-corrected chi connectivity index (χ4v) is 4.03. The minimum Gasteiger partial charge on any atom is -0.391 e. The van der Waals surface area contributed by atoms with Gasteiger partial charge in [-0.2, -0.15) is 0 Å². The van der Waals surface area contributed by atoms with Gasteiger partial charge in [-0.3, -0.25) is 14.6 Å². The number of aliphatic hydroxyl groups excluding tert-OH is 1. The standard InChI is InChI=1S/C16H29N3O2/c20-15-6-2-1-5-14(15)18-11-9-17(10-12-18)13-16(21)19-7-3-4-8-19/h14-15,20H,1-13H2. The maximum atomic E-state index is 12.2. The van der Waals surface area contributed by atoms with Crippen LogP contribution in [-0.4, -0.2) is 83.7 Å². The Labute approximate surface area is 127 Å². The first-order valence-corrected chi connectivity index (χ1v) is 8.66. The highest BCUT2D eigenvalue weighted by Crippen LogP contribution is 2.24. The molecule has 0 radical (unpaired) electrons. The molecule has 120 valence electrons. The molecule has 1 amide bonds. The number of likely N-dealkylation sites (tertiary alicyclic amines) is 1. The van der Waals surface area contributed by atoms with Crippen molar-refractivity contribution >= 4 is 5.91 Å². The summed E-state index contributed by atoms with van der Waals surface area (Å²) in [6, 6.07) is 0.357. The largest absolute Gasteiger partial charge is 0.391 e. The number of aliphatic hydroxyl groups is 1. The van der Waals surface area contributed by atoms with Crippen molar-refractivity contribution in [2.75, 3.05) is 45.8 Å². The van der Waals surface area contributed by atoms with Crippen LogP contribution >= 0.6 is 0 Å². The number of carbonyl (C=O) groups excluding carboxylic acids is 1. The first-order chi connectivity index (χ1) is 10.2. The van der Waals surface area contributed by atoms with Crippen LogP contribution in [0, 0.1) is 0 Å². The summed E-state index contributed by atoms with van der Waals surface area (Å²) in [5.74, 6) is 0.304. The fourth-order valence-electron chi connectivity index (χ4n) is 4.03. The topological polar surface area (TPSA) is 47.0 Å². The van der Waals surface area contributed by atoms with Gasteiger partial charge in [0.15, 0.2) is 0 Å². The maximum absolute atomic E-state index is 12.2. The van der Waals surface area contributed by atoms with Gasteiger partial charge in [-0.1, -0.05) is 12.8 Å². The number of hydrogen-bond donors (Lipinski definition) is 1. The lowest BCUT2D eigenvalue weighted by Crippen LogP contribution is -2.55. The second-order valence-electron chi connectivity index (χ2n) is 6.82. The van der Waals surface area contributed by atoms with Crippen molar-refractivity contribution in [1.82, 2.24) is 14.7 Å². The third-order valence-corrected chi connectivity index (χ3v) is 5.39. The van der Waals surface area contributed by atoms with Crippen molar-refractivity contribution in [2.24, 2.45) is 0 Å². The van der Waals surface area contributed by atoms with Crippen LogP contribution in [0.25, 0.3) is 0 Å². The van der Waals surface area contributed by atoms with E-state index in [1.807, 2.05) is 4.90 Å². The van der Waals surface area contributed by atoms with Gasteiger partial charge in [-0.05, 0) is 25.7 Å². The molecule has 3 rings (SSSR count). The Hall–Kier alpha value is -0.650. The number of nitrogens with zero attached hydrogens (tertiary/aromatic N) is 3. The molecule has 3 fully saturated rings. The molecule has 0 bridgehead atoms. The summed E-state index contributed by atoms with van der Waals surface area (Å²) in [5.41, 5.74) is 0. The first-order valence-electron chi connectivity index (χ1n) is 8.66. The van der Waals surface area contributed by atoms with Crippen LogP contribution in [0.4, 0.5) is 0 Å². The monoisotopic (exact) mass is 295 g/mol. The summed E-state index contributed by atoms with van der Waals surface area (Å²) in [6.45, 7) is 6.40. The molecular formula is C16H29N3O2. The highest BCUT2D eigenvalue weighted by molar-refractivity contribution is 5.78. The van der Waals surface area contributed by atoms with E-state index in [-0.39, 0.29) is 6.10 Å². The van der Waals surface area contributed by atoms with E-state index in [2.05, 4.69) is 9.80 Å². The van der Waals surface area contributed by atoms with Gasteiger partial charge >= 0.3 is 0 Å². The van der Waals surface area contributed by atoms with Crippen molar-refractivity contribution in [3.8, 4) is 0 Å². The lowest BCUT2D eigenvalue weighted by atomic mass is 9.91. The van der Waals surface area contributed by atoms with Gasteiger partial charge in [0, 0.05) is 45.3 Å². The Morgan fingerprint density at radius 3 is 2.24 bits per heavy atom. The normalized spacial score (nSPS) is 32.5. The third-order valence-electron chi connectivity index (χ3n) is 5.39. The van der Waals surface area contributed by atoms with Crippen molar-refractivity contribution < 1.29 is 9.90 Å². The average Bonchev–Trinajstić information content (AvgIpc) is 3.03. The van der Waals surface area contributed by atoms with Gasteiger partial charge in [0.25, 0.3) is 0 Å². The predicted octanol–water partition coefficient (Wildman–Crippen LogP) is 0.530. The number of amides is 1. The van der Waals surface area contributed by atoms with E-state index in [0.717, 1.165) is 52.1 Å². The SMILES string of the molecule is O=C(CN1CCN(C2CCCCC2O)CC1)N1CCCC1. The third kappa shape index (κ3) is 3.76. The fraction of sp³-hybridized carbons (Fsp3) is 0.938. The molecule has 2 atom stereocenters. The Morgan fingerprint density at radius 1 is 0.905 bits per heavy atom. The van der Waals surface area contributed by atoms with Crippen molar-refractivity contribution in [3.05, 3.63) is 0 Å². The van der Waals surface area contributed by atoms with Crippen LogP contribution < -0.4 is 0 Å². The van der Waals surface area contributed by atoms with Gasteiger partial charge in [0.2, 0.25) is 5.91 Å². The Morgan fingerprint density at radius 2 is 1.57 bits per heavy atom. The van der Waals surface area contributed by atoms with E-state index in [0.29, 0.717) is 18.5 Å². The zero-order chi connectivity index (χ0) is 14.7. The second-order valence-corrected chi connectivity index (χ2v) is 6.82. The average molecular weight is 295 g/mol. The molecular weight excluding hydrogens is 266 g/mol. The molecule has 1 saturated carbocycles. The number of rotatable bonds is 3. The first kappa shape index (κ1) is 15.3. The lowest BCUT2D eigenvalue weighted by molar-refractivity contribution is -0.132. The Kier molecular flexibility index (Phi) is 5.14. The molecule has 2 heterocycles. The van der Waals surface area contributed by atoms with E-state index in [1.54, 1.807) is 0 Å². The van der Waals surface area contributed by atoms with Crippen molar-refractivity contribution in [3.63, 3.8) is 0 Å². The molecule has 0 aromatic heterocycles. The zero-order valence-corrected chi connectivity index (χ0v) is 13.0. The summed E-state index contributed by atoms with van der Waals surface area (Å²) in [5, 5.41) is 10.2. The molecule has 5 nitrogen and oxygen atoms in total. The van der Waals surface area contributed by atoms with Gasteiger partial charge in [0.05, 0.1) is 12.6 Å². The molecule has 2 saturated heterocycles. The van der Waals surface area contributed by atoms with Crippen molar-refractivity contribution in [1.29, 1.82) is 0 Å². The van der Waals surface area contributed by atoms with E-state index >= 15 is 0 Å². The Bertz CT molecular complexity index is 349. The summed E-state index contributed by atoms with van der Waals surface area (Å²) < 4.78 is 0. The summed E-state index contributed by atoms with van der Waals surface area (Å²) >= 11 is 0. The van der Waals surface area contributed by atoms with E-state index in [9.17, 15) is 9.90 Å². The smallest absolute Gasteiger partial charge is 0.236 e. The summed E-state index contributed by atoms with van der Waals surface area (Å²) in [6.07, 6.45) is 6.69.